The van der Waals surface area contributed by atoms with Gasteiger partial charge in [0.15, 0.2) is 11.5 Å². The van der Waals surface area contributed by atoms with Crippen molar-refractivity contribution in [3.63, 3.8) is 0 Å². The Bertz CT molecular complexity index is 1890. The van der Waals surface area contributed by atoms with Gasteiger partial charge in [-0.3, -0.25) is 9.59 Å². The van der Waals surface area contributed by atoms with Crippen LogP contribution in [0.3, 0.4) is 0 Å². The van der Waals surface area contributed by atoms with Crippen molar-refractivity contribution in [1.82, 2.24) is 5.43 Å². The van der Waals surface area contributed by atoms with Gasteiger partial charge >= 0.3 is 5.97 Å². The van der Waals surface area contributed by atoms with Crippen LogP contribution in [0, 0.1) is 0 Å². The second-order valence-electron chi connectivity index (χ2n) is 9.15. The van der Waals surface area contributed by atoms with Gasteiger partial charge in [-0.05, 0) is 91.3 Å². The Hall–Kier alpha value is -4.03. The van der Waals surface area contributed by atoms with Gasteiger partial charge in [-0.1, -0.05) is 49.5 Å². The average molecular weight is 756 g/mol. The molecule has 0 aliphatic carbocycles. The molecule has 0 aliphatic heterocycles. The molecule has 5 aromatic rings. The zero-order chi connectivity index (χ0) is 31.2. The topological polar surface area (TPSA) is 106 Å². The van der Waals surface area contributed by atoms with E-state index in [1.807, 2.05) is 25.1 Å². The Morgan fingerprint density at radius 2 is 1.57 bits per heavy atom. The summed E-state index contributed by atoms with van der Waals surface area (Å²) in [5, 5.41) is 8.06. The van der Waals surface area contributed by atoms with E-state index in [4.69, 9.17) is 21.1 Å². The van der Waals surface area contributed by atoms with Crippen LogP contribution in [0.1, 0.15) is 42.9 Å². The van der Waals surface area contributed by atoms with Crippen molar-refractivity contribution < 1.29 is 23.9 Å². The second kappa shape index (κ2) is 14.2. The van der Waals surface area contributed by atoms with Crippen LogP contribution in [0.5, 0.6) is 11.5 Å². The number of hydrazone groups is 1. The predicted octanol–water partition coefficient (Wildman–Crippen LogP) is 8.71. The minimum Gasteiger partial charge on any atom is -0.490 e. The van der Waals surface area contributed by atoms with Crippen molar-refractivity contribution in [3.8, 4) is 11.5 Å². The summed E-state index contributed by atoms with van der Waals surface area (Å²) < 4.78 is 13.8. The maximum Gasteiger partial charge on any atom is 0.343 e. The van der Waals surface area contributed by atoms with Crippen molar-refractivity contribution in [1.29, 1.82) is 0 Å². The van der Waals surface area contributed by atoms with E-state index < -0.39 is 11.9 Å². The third kappa shape index (κ3) is 7.54. The maximum absolute atomic E-state index is 12.9. The minimum atomic E-state index is -0.519. The van der Waals surface area contributed by atoms with E-state index in [1.54, 1.807) is 66.7 Å². The van der Waals surface area contributed by atoms with Gasteiger partial charge < -0.3 is 14.8 Å². The monoisotopic (exact) mass is 753 g/mol. The number of hydrogen-bond acceptors (Lipinski definition) is 7. The third-order valence-electron chi connectivity index (χ3n) is 6.13. The van der Waals surface area contributed by atoms with Crippen molar-refractivity contribution in [3.05, 3.63) is 120 Å². The standard InChI is InChI=1S/C32H22Br2ClN3O5S/c1-2-42-26-15-18(3-14-25(26)43-32(41)20-4-8-21(33)9-5-20)17-36-38-30(39)19-6-11-23(12-7-19)37-31(40)29-28(35)24-13-10-22(34)16-27(24)44-29/h3-17H,2H2,1H3,(H,37,40)(H,38,39)/b36-17-. The van der Waals surface area contributed by atoms with Gasteiger partial charge in [0, 0.05) is 30.3 Å². The van der Waals surface area contributed by atoms with Gasteiger partial charge in [0.2, 0.25) is 0 Å². The van der Waals surface area contributed by atoms with E-state index in [0.29, 0.717) is 44.6 Å². The maximum atomic E-state index is 12.9. The van der Waals surface area contributed by atoms with E-state index in [1.165, 1.54) is 17.6 Å². The van der Waals surface area contributed by atoms with Gasteiger partial charge in [0.1, 0.15) is 4.88 Å². The highest BCUT2D eigenvalue weighted by Crippen LogP contribution is 2.37. The van der Waals surface area contributed by atoms with E-state index in [0.717, 1.165) is 19.0 Å². The van der Waals surface area contributed by atoms with E-state index >= 15 is 0 Å². The third-order valence-corrected chi connectivity index (χ3v) is 8.81. The molecule has 2 amide bonds. The summed E-state index contributed by atoms with van der Waals surface area (Å²) in [6.07, 6.45) is 1.45. The lowest BCUT2D eigenvalue weighted by Crippen LogP contribution is -2.17. The summed E-state index contributed by atoms with van der Waals surface area (Å²) in [7, 11) is 0. The first kappa shape index (κ1) is 31.4. The molecule has 2 N–H and O–H groups in total. The quantitative estimate of drug-likeness (QED) is 0.0678. The van der Waals surface area contributed by atoms with Crippen LogP contribution in [0.25, 0.3) is 10.1 Å². The fourth-order valence-electron chi connectivity index (χ4n) is 4.01. The molecule has 5 rings (SSSR count). The molecular formula is C32H22Br2ClN3O5S. The first-order chi connectivity index (χ1) is 21.2. The lowest BCUT2D eigenvalue weighted by molar-refractivity contribution is 0.0728. The first-order valence-corrected chi connectivity index (χ1v) is 15.9. The molecule has 0 aliphatic rings. The zero-order valence-corrected chi connectivity index (χ0v) is 27.6. The number of hydrogen-bond donors (Lipinski definition) is 2. The molecule has 0 atom stereocenters. The van der Waals surface area contributed by atoms with Crippen LogP contribution in [0.4, 0.5) is 5.69 Å². The summed E-state index contributed by atoms with van der Waals surface area (Å²) in [4.78, 5) is 38.5. The predicted molar refractivity (Wildman–Crippen MR) is 181 cm³/mol. The van der Waals surface area contributed by atoms with Crippen LogP contribution < -0.4 is 20.2 Å². The number of thiophene rings is 1. The molecule has 0 saturated carbocycles. The molecule has 0 fully saturated rings. The zero-order valence-electron chi connectivity index (χ0n) is 22.9. The molecule has 0 bridgehead atoms. The molecule has 0 radical (unpaired) electrons. The largest absolute Gasteiger partial charge is 0.490 e. The van der Waals surface area contributed by atoms with E-state index in [2.05, 4.69) is 47.7 Å². The number of ether oxygens (including phenoxy) is 2. The fourth-order valence-corrected chi connectivity index (χ4v) is 6.24. The Balaban J connectivity index is 1.19. The van der Waals surface area contributed by atoms with Gasteiger partial charge in [0.25, 0.3) is 11.8 Å². The molecule has 1 heterocycles. The van der Waals surface area contributed by atoms with Crippen LogP contribution in [0.15, 0.2) is 99.0 Å². The van der Waals surface area contributed by atoms with Gasteiger partial charge in [0.05, 0.1) is 23.4 Å². The first-order valence-electron chi connectivity index (χ1n) is 13.1. The van der Waals surface area contributed by atoms with Gasteiger partial charge in [-0.2, -0.15) is 5.10 Å². The highest BCUT2D eigenvalue weighted by molar-refractivity contribution is 9.10. The van der Waals surface area contributed by atoms with Crippen LogP contribution in [-0.2, 0) is 0 Å². The summed E-state index contributed by atoms with van der Waals surface area (Å²) >= 11 is 14.5. The second-order valence-corrected chi connectivity index (χ2v) is 12.4. The van der Waals surface area contributed by atoms with Gasteiger partial charge in [-0.25, -0.2) is 10.2 Å². The number of amides is 2. The Labute approximate surface area is 278 Å². The molecule has 222 valence electrons. The molecule has 44 heavy (non-hydrogen) atoms. The number of carbonyl (C=O) groups excluding carboxylic acids is 3. The number of benzene rings is 4. The Morgan fingerprint density at radius 3 is 2.30 bits per heavy atom. The summed E-state index contributed by atoms with van der Waals surface area (Å²) in [5.41, 5.74) is 4.34. The summed E-state index contributed by atoms with van der Waals surface area (Å²) in [5.74, 6) is -0.682. The van der Waals surface area contributed by atoms with Crippen molar-refractivity contribution in [2.45, 2.75) is 6.92 Å². The van der Waals surface area contributed by atoms with E-state index in [9.17, 15) is 14.4 Å². The molecule has 1 aromatic heterocycles. The van der Waals surface area contributed by atoms with Crippen LogP contribution in [0.2, 0.25) is 5.02 Å². The van der Waals surface area contributed by atoms with Crippen molar-refractivity contribution in [2.24, 2.45) is 5.10 Å². The Morgan fingerprint density at radius 1 is 0.864 bits per heavy atom. The number of nitrogens with zero attached hydrogens (tertiary/aromatic N) is 1. The molecule has 0 unspecified atom stereocenters. The highest BCUT2D eigenvalue weighted by Gasteiger charge is 2.18. The lowest BCUT2D eigenvalue weighted by Gasteiger charge is -2.11. The highest BCUT2D eigenvalue weighted by atomic mass is 79.9. The molecule has 8 nitrogen and oxygen atoms in total. The number of carbonyl (C=O) groups is 3. The van der Waals surface area contributed by atoms with Crippen molar-refractivity contribution >= 4 is 94.6 Å². The molecule has 0 saturated heterocycles. The lowest BCUT2D eigenvalue weighted by atomic mass is 10.2. The number of halogens is 3. The number of esters is 1. The number of fused-ring (bicyclic) bond motifs is 1. The Kier molecular flexibility index (Phi) is 10.1. The normalized spacial score (nSPS) is 11.0. The van der Waals surface area contributed by atoms with E-state index in [-0.39, 0.29) is 11.7 Å². The molecular weight excluding hydrogens is 734 g/mol. The number of rotatable bonds is 9. The van der Waals surface area contributed by atoms with Crippen LogP contribution in [-0.4, -0.2) is 30.6 Å². The van der Waals surface area contributed by atoms with Gasteiger partial charge in [-0.15, -0.1) is 11.3 Å². The number of nitrogens with one attached hydrogen (secondary N) is 2. The summed E-state index contributed by atoms with van der Waals surface area (Å²) in [6.45, 7) is 2.17. The summed E-state index contributed by atoms with van der Waals surface area (Å²) in [6, 6.07) is 23.8. The molecule has 12 heteroatoms. The van der Waals surface area contributed by atoms with Crippen molar-refractivity contribution in [2.75, 3.05) is 11.9 Å². The smallest absolute Gasteiger partial charge is 0.343 e. The molecule has 0 spiro atoms. The fraction of sp³-hybridized carbons (Fsp3) is 0.0625. The number of anilines is 1. The molecule has 4 aromatic carbocycles. The minimum absolute atomic E-state index is 0.260. The average Bonchev–Trinajstić information content (AvgIpc) is 3.34. The SMILES string of the molecule is CCOc1cc(/C=N\NC(=O)c2ccc(NC(=O)c3sc4cc(Br)ccc4c3Cl)cc2)ccc1OC(=O)c1ccc(Br)cc1. The van der Waals surface area contributed by atoms with Crippen LogP contribution >= 0.6 is 54.8 Å².